The van der Waals surface area contributed by atoms with Gasteiger partial charge in [-0.2, -0.15) is 0 Å². The molecule has 0 fully saturated rings. The van der Waals surface area contributed by atoms with Crippen LogP contribution in [-0.4, -0.2) is 83.3 Å². The van der Waals surface area contributed by atoms with Crippen molar-refractivity contribution in [2.24, 2.45) is 0 Å². The Bertz CT molecular complexity index is 27.2. The molecule has 0 bridgehead atoms. The van der Waals surface area contributed by atoms with Crippen LogP contribution in [-0.2, 0) is 0 Å². The van der Waals surface area contributed by atoms with E-state index in [2.05, 4.69) is 0 Å². The van der Waals surface area contributed by atoms with E-state index in [1.165, 1.54) is 0 Å². The second kappa shape index (κ2) is 5.98. The standard InChI is InChI=1S/Al.Ca.H4O4Si/c;;1-5(2,3)4/h;;1-4H/q+3;+2;. The van der Waals surface area contributed by atoms with Gasteiger partial charge in [0.05, 0.1) is 0 Å². The van der Waals surface area contributed by atoms with Gasteiger partial charge in [0.1, 0.15) is 0 Å². The summed E-state index contributed by atoms with van der Waals surface area (Å²) in [6, 6.07) is 0. The van der Waals surface area contributed by atoms with Crippen molar-refractivity contribution in [3.8, 4) is 0 Å². The fourth-order valence-electron chi connectivity index (χ4n) is 0. The molecule has 0 aromatic rings. The number of hydrogen-bond acceptors (Lipinski definition) is 4. The minimum absolute atomic E-state index is 0. The third-order valence-electron chi connectivity index (χ3n) is 0. The molecule has 0 aliphatic carbocycles. The molecule has 0 aliphatic rings. The predicted molar refractivity (Wildman–Crippen MR) is 26.1 cm³/mol. The van der Waals surface area contributed by atoms with Gasteiger partial charge >= 0.3 is 64.1 Å². The third-order valence-corrected chi connectivity index (χ3v) is 0. The Morgan fingerprint density at radius 2 is 0.857 bits per heavy atom. The maximum atomic E-state index is 7.33. The molecular formula is H4AlCaO4Si+5. The predicted octanol–water partition coefficient (Wildman–Crippen LogP) is -3.37. The summed E-state index contributed by atoms with van der Waals surface area (Å²) >= 11 is 0. The summed E-state index contributed by atoms with van der Waals surface area (Å²) in [6.45, 7) is 0. The number of rotatable bonds is 0. The van der Waals surface area contributed by atoms with Crippen LogP contribution in [0.5, 0.6) is 0 Å². The van der Waals surface area contributed by atoms with Crippen molar-refractivity contribution >= 4 is 64.1 Å². The fourth-order valence-corrected chi connectivity index (χ4v) is 0. The second-order valence-electron chi connectivity index (χ2n) is 0.600. The van der Waals surface area contributed by atoms with Crippen molar-refractivity contribution in [2.45, 2.75) is 0 Å². The van der Waals surface area contributed by atoms with Gasteiger partial charge in [0.15, 0.2) is 0 Å². The van der Waals surface area contributed by atoms with Crippen LogP contribution in [0, 0.1) is 0 Å². The van der Waals surface area contributed by atoms with Gasteiger partial charge in [0, 0.05) is 0 Å². The zero-order valence-electron chi connectivity index (χ0n) is 3.57. The van der Waals surface area contributed by atoms with Crippen LogP contribution < -0.4 is 0 Å². The molecule has 0 radical (unpaired) electrons. The summed E-state index contributed by atoms with van der Waals surface area (Å²) in [5.41, 5.74) is 0. The van der Waals surface area contributed by atoms with E-state index in [9.17, 15) is 0 Å². The first-order valence-electron chi connectivity index (χ1n) is 0.894. The molecule has 0 saturated heterocycles. The fraction of sp³-hybridized carbons (Fsp3) is 0. The Kier molecular flexibility index (Phi) is 13.6. The molecule has 0 saturated carbocycles. The molecule has 0 aliphatic heterocycles. The van der Waals surface area contributed by atoms with Gasteiger partial charge in [-0.3, -0.25) is 0 Å². The molecule has 0 atom stereocenters. The molecule has 4 nitrogen and oxygen atoms in total. The van der Waals surface area contributed by atoms with Gasteiger partial charge in [-0.25, -0.2) is 0 Å². The van der Waals surface area contributed by atoms with Crippen molar-refractivity contribution in [1.82, 2.24) is 0 Å². The Hall–Kier alpha value is 1.85. The molecular weight excluding hydrogens is 159 g/mol. The number of hydrogen-bond donors (Lipinski definition) is 4. The smallest absolute Gasteiger partial charge is 0.368 e. The van der Waals surface area contributed by atoms with Crippen LogP contribution >= 0.6 is 0 Å². The molecule has 0 unspecified atom stereocenters. The first-order valence-corrected chi connectivity index (χ1v) is 2.68. The summed E-state index contributed by atoms with van der Waals surface area (Å²) in [4.78, 5) is 29.3. The normalized spacial score (nSPS) is 8.57. The monoisotopic (exact) mass is 163 g/mol. The van der Waals surface area contributed by atoms with Gasteiger partial charge < -0.3 is 19.2 Å². The zero-order chi connectivity index (χ0) is 4.50. The van der Waals surface area contributed by atoms with Gasteiger partial charge in [0.25, 0.3) is 0 Å². The van der Waals surface area contributed by atoms with E-state index in [4.69, 9.17) is 19.2 Å². The van der Waals surface area contributed by atoms with E-state index in [-0.39, 0.29) is 55.1 Å². The van der Waals surface area contributed by atoms with Crippen LogP contribution in [0.25, 0.3) is 0 Å². The minimum atomic E-state index is -4.61. The maximum absolute atomic E-state index is 7.33. The zero-order valence-corrected chi connectivity index (χ0v) is 7.94. The van der Waals surface area contributed by atoms with Crippen molar-refractivity contribution in [3.63, 3.8) is 0 Å². The minimum Gasteiger partial charge on any atom is -0.368 e. The average molecular weight is 163 g/mol. The van der Waals surface area contributed by atoms with Gasteiger partial charge in [-0.1, -0.05) is 0 Å². The molecule has 0 heterocycles. The van der Waals surface area contributed by atoms with Gasteiger partial charge in [-0.05, 0) is 0 Å². The molecule has 0 amide bonds. The van der Waals surface area contributed by atoms with E-state index in [1.54, 1.807) is 0 Å². The van der Waals surface area contributed by atoms with Crippen LogP contribution in [0.15, 0.2) is 0 Å². The first kappa shape index (κ1) is 15.9. The SMILES string of the molecule is O[Si](O)(O)O.[Al+3].[Ca+2]. The van der Waals surface area contributed by atoms with Crippen molar-refractivity contribution < 1.29 is 19.2 Å². The molecule has 4 N–H and O–H groups in total. The molecule has 0 aromatic carbocycles. The second-order valence-corrected chi connectivity index (χ2v) is 1.80. The molecule has 0 aromatic heterocycles. The van der Waals surface area contributed by atoms with E-state index in [1.807, 2.05) is 0 Å². The van der Waals surface area contributed by atoms with Crippen LogP contribution in [0.3, 0.4) is 0 Å². The molecule has 0 rings (SSSR count). The Labute approximate surface area is 82.4 Å². The van der Waals surface area contributed by atoms with Gasteiger partial charge in [-0.15, -0.1) is 0 Å². The van der Waals surface area contributed by atoms with Crippen LogP contribution in [0.4, 0.5) is 0 Å². The van der Waals surface area contributed by atoms with E-state index >= 15 is 0 Å². The van der Waals surface area contributed by atoms with Crippen LogP contribution in [0.1, 0.15) is 0 Å². The van der Waals surface area contributed by atoms with Crippen molar-refractivity contribution in [3.05, 3.63) is 0 Å². The summed E-state index contributed by atoms with van der Waals surface area (Å²) in [5.74, 6) is 0. The Balaban J connectivity index is -0.0000000800. The van der Waals surface area contributed by atoms with Gasteiger partial charge in [0.2, 0.25) is 0 Å². The quantitative estimate of drug-likeness (QED) is 0.281. The maximum Gasteiger partial charge on any atom is 3.00 e. The Morgan fingerprint density at radius 1 is 0.857 bits per heavy atom. The van der Waals surface area contributed by atoms with E-state index in [0.29, 0.717) is 0 Å². The molecule has 32 valence electrons. The largest absolute Gasteiger partial charge is 3.00 e. The summed E-state index contributed by atoms with van der Waals surface area (Å²) in [6.07, 6.45) is 0. The van der Waals surface area contributed by atoms with Crippen molar-refractivity contribution in [1.29, 1.82) is 0 Å². The first-order chi connectivity index (χ1) is 2.00. The van der Waals surface area contributed by atoms with E-state index < -0.39 is 9.05 Å². The molecule has 7 heteroatoms. The van der Waals surface area contributed by atoms with E-state index in [0.717, 1.165) is 0 Å². The van der Waals surface area contributed by atoms with Crippen LogP contribution in [0.2, 0.25) is 0 Å². The third kappa shape index (κ3) is 78.5. The Morgan fingerprint density at radius 3 is 0.857 bits per heavy atom. The summed E-state index contributed by atoms with van der Waals surface area (Å²) in [5, 5.41) is 0. The topological polar surface area (TPSA) is 80.9 Å². The average Bonchev–Trinajstić information content (AvgIpc) is 0.722. The molecule has 7 heavy (non-hydrogen) atoms. The van der Waals surface area contributed by atoms with Crippen molar-refractivity contribution in [2.75, 3.05) is 0 Å². The summed E-state index contributed by atoms with van der Waals surface area (Å²) in [7, 11) is -4.61. The summed E-state index contributed by atoms with van der Waals surface area (Å²) < 4.78 is 0. The molecule has 0 spiro atoms.